The van der Waals surface area contributed by atoms with Gasteiger partial charge >= 0.3 is 0 Å². The van der Waals surface area contributed by atoms with E-state index in [4.69, 9.17) is 18.9 Å². The van der Waals surface area contributed by atoms with Crippen molar-refractivity contribution in [3.8, 4) is 5.75 Å². The molecule has 0 radical (unpaired) electrons. The summed E-state index contributed by atoms with van der Waals surface area (Å²) in [7, 11) is 0. The van der Waals surface area contributed by atoms with Crippen molar-refractivity contribution in [2.24, 2.45) is 0 Å². The van der Waals surface area contributed by atoms with Crippen molar-refractivity contribution in [3.63, 3.8) is 0 Å². The van der Waals surface area contributed by atoms with Crippen LogP contribution in [0.2, 0.25) is 0 Å². The van der Waals surface area contributed by atoms with Crippen molar-refractivity contribution in [3.05, 3.63) is 24.3 Å². The van der Waals surface area contributed by atoms with Gasteiger partial charge in [-0.15, -0.1) is 0 Å². The van der Waals surface area contributed by atoms with Crippen LogP contribution in [0.5, 0.6) is 5.75 Å². The minimum absolute atomic E-state index is 0.497. The standard InChI is InChI=1S/C20H36N2O4S/c1-4-17-27-22-19-5-7-20(8-6-19)26-16-15-25-14-13-24-12-11-23-10-9-21-18(2)3/h5-8,18,21-22H,4,9-17H2,1-3H3. The number of anilines is 1. The molecule has 0 unspecified atom stereocenters. The molecular weight excluding hydrogens is 364 g/mol. The number of rotatable bonds is 18. The van der Waals surface area contributed by atoms with Crippen molar-refractivity contribution in [1.82, 2.24) is 5.32 Å². The van der Waals surface area contributed by atoms with Crippen LogP contribution in [-0.4, -0.2) is 64.6 Å². The van der Waals surface area contributed by atoms with E-state index in [0.29, 0.717) is 52.3 Å². The molecule has 1 aromatic rings. The van der Waals surface area contributed by atoms with Crippen molar-refractivity contribution in [2.75, 3.05) is 63.3 Å². The van der Waals surface area contributed by atoms with Crippen molar-refractivity contribution < 1.29 is 18.9 Å². The number of nitrogens with one attached hydrogen (secondary N) is 2. The first kappa shape index (κ1) is 24.0. The van der Waals surface area contributed by atoms with Gasteiger partial charge in [0, 0.05) is 24.0 Å². The smallest absolute Gasteiger partial charge is 0.119 e. The molecule has 1 aromatic carbocycles. The van der Waals surface area contributed by atoms with E-state index in [1.807, 2.05) is 24.3 Å². The van der Waals surface area contributed by atoms with E-state index >= 15 is 0 Å². The molecule has 1 rings (SSSR count). The fourth-order valence-corrected chi connectivity index (χ4v) is 2.64. The lowest BCUT2D eigenvalue weighted by atomic mass is 10.3. The molecule has 0 saturated heterocycles. The first-order valence-electron chi connectivity index (χ1n) is 9.79. The van der Waals surface area contributed by atoms with Gasteiger partial charge < -0.3 is 29.0 Å². The van der Waals surface area contributed by atoms with E-state index < -0.39 is 0 Å². The maximum atomic E-state index is 5.66. The van der Waals surface area contributed by atoms with Crippen LogP contribution in [0, 0.1) is 0 Å². The van der Waals surface area contributed by atoms with E-state index in [1.165, 1.54) is 0 Å². The SMILES string of the molecule is CCCSNc1ccc(OCCOCCOCCOCCNC(C)C)cc1. The first-order valence-corrected chi connectivity index (χ1v) is 10.8. The van der Waals surface area contributed by atoms with E-state index in [2.05, 4.69) is 30.8 Å². The van der Waals surface area contributed by atoms with Crippen molar-refractivity contribution >= 4 is 17.6 Å². The van der Waals surface area contributed by atoms with Gasteiger partial charge in [0.1, 0.15) is 12.4 Å². The Balaban J connectivity index is 1.87. The van der Waals surface area contributed by atoms with Gasteiger partial charge in [0.05, 0.1) is 39.6 Å². The molecule has 27 heavy (non-hydrogen) atoms. The predicted octanol–water partition coefficient (Wildman–Crippen LogP) is 3.58. The molecule has 7 heteroatoms. The molecule has 0 fully saturated rings. The van der Waals surface area contributed by atoms with Crippen LogP contribution < -0.4 is 14.8 Å². The van der Waals surface area contributed by atoms with Crippen LogP contribution >= 0.6 is 11.9 Å². The maximum Gasteiger partial charge on any atom is 0.119 e. The monoisotopic (exact) mass is 400 g/mol. The Labute approximate surface area is 168 Å². The molecule has 0 heterocycles. The van der Waals surface area contributed by atoms with Gasteiger partial charge in [-0.2, -0.15) is 0 Å². The van der Waals surface area contributed by atoms with E-state index in [9.17, 15) is 0 Å². The second kappa shape index (κ2) is 17.1. The minimum atomic E-state index is 0.497. The topological polar surface area (TPSA) is 61.0 Å². The summed E-state index contributed by atoms with van der Waals surface area (Å²) in [4.78, 5) is 0. The molecule has 0 bridgehead atoms. The zero-order valence-electron chi connectivity index (χ0n) is 17.0. The molecule has 156 valence electrons. The second-order valence-corrected chi connectivity index (χ2v) is 7.17. The average molecular weight is 401 g/mol. The summed E-state index contributed by atoms with van der Waals surface area (Å²) in [6, 6.07) is 8.47. The van der Waals surface area contributed by atoms with E-state index in [-0.39, 0.29) is 0 Å². The summed E-state index contributed by atoms with van der Waals surface area (Å²) >= 11 is 1.72. The largest absolute Gasteiger partial charge is 0.491 e. The third kappa shape index (κ3) is 14.7. The fourth-order valence-electron chi connectivity index (χ4n) is 2.04. The molecular formula is C20H36N2O4S. The maximum absolute atomic E-state index is 5.66. The fraction of sp³-hybridized carbons (Fsp3) is 0.700. The zero-order valence-corrected chi connectivity index (χ0v) is 17.8. The molecule has 0 aliphatic rings. The molecule has 0 atom stereocenters. The lowest BCUT2D eigenvalue weighted by Gasteiger charge is -2.10. The zero-order chi connectivity index (χ0) is 19.6. The summed E-state index contributed by atoms with van der Waals surface area (Å²) in [6.45, 7) is 11.4. The summed E-state index contributed by atoms with van der Waals surface area (Å²) in [5, 5.41) is 3.30. The summed E-state index contributed by atoms with van der Waals surface area (Å²) in [5.41, 5.74) is 1.09. The average Bonchev–Trinajstić information content (AvgIpc) is 2.66. The quantitative estimate of drug-likeness (QED) is 0.288. The molecule has 0 saturated carbocycles. The van der Waals surface area contributed by atoms with E-state index in [1.54, 1.807) is 11.9 Å². The predicted molar refractivity (Wildman–Crippen MR) is 114 cm³/mol. The minimum Gasteiger partial charge on any atom is -0.491 e. The molecule has 0 spiro atoms. The van der Waals surface area contributed by atoms with Gasteiger partial charge in [0.2, 0.25) is 0 Å². The van der Waals surface area contributed by atoms with Gasteiger partial charge in [-0.05, 0) is 30.7 Å². The highest BCUT2D eigenvalue weighted by molar-refractivity contribution is 8.00. The van der Waals surface area contributed by atoms with Gasteiger partial charge in [0.25, 0.3) is 0 Å². The highest BCUT2D eigenvalue weighted by atomic mass is 32.2. The van der Waals surface area contributed by atoms with Crippen LogP contribution in [-0.2, 0) is 14.2 Å². The summed E-state index contributed by atoms with van der Waals surface area (Å²) in [5.74, 6) is 1.95. The van der Waals surface area contributed by atoms with Crippen LogP contribution in [0.1, 0.15) is 27.2 Å². The Morgan fingerprint density at radius 2 is 1.44 bits per heavy atom. The van der Waals surface area contributed by atoms with Crippen LogP contribution in [0.3, 0.4) is 0 Å². The van der Waals surface area contributed by atoms with Gasteiger partial charge in [0.15, 0.2) is 0 Å². The Morgan fingerprint density at radius 3 is 2.04 bits per heavy atom. The van der Waals surface area contributed by atoms with Crippen LogP contribution in [0.15, 0.2) is 24.3 Å². The molecule has 0 aliphatic carbocycles. The normalized spacial score (nSPS) is 11.1. The lowest BCUT2D eigenvalue weighted by molar-refractivity contribution is 0.00971. The molecule has 0 amide bonds. The van der Waals surface area contributed by atoms with Gasteiger partial charge in [-0.25, -0.2) is 0 Å². The highest BCUT2D eigenvalue weighted by Gasteiger charge is 1.97. The Hall–Kier alpha value is -0.990. The van der Waals surface area contributed by atoms with Crippen molar-refractivity contribution in [1.29, 1.82) is 0 Å². The number of hydrogen-bond acceptors (Lipinski definition) is 7. The lowest BCUT2D eigenvalue weighted by Crippen LogP contribution is -2.27. The molecule has 2 N–H and O–H groups in total. The number of benzene rings is 1. The third-order valence-corrected chi connectivity index (χ3v) is 4.38. The summed E-state index contributed by atoms with van der Waals surface area (Å²) in [6.07, 6.45) is 1.16. The third-order valence-electron chi connectivity index (χ3n) is 3.39. The molecule has 0 aromatic heterocycles. The molecule has 6 nitrogen and oxygen atoms in total. The number of ether oxygens (including phenoxy) is 4. The van der Waals surface area contributed by atoms with Gasteiger partial charge in [-0.3, -0.25) is 0 Å². The van der Waals surface area contributed by atoms with Crippen LogP contribution in [0.4, 0.5) is 5.69 Å². The Bertz CT molecular complexity index is 446. The van der Waals surface area contributed by atoms with Crippen LogP contribution in [0.25, 0.3) is 0 Å². The van der Waals surface area contributed by atoms with Gasteiger partial charge in [-0.1, -0.05) is 32.7 Å². The molecule has 0 aliphatic heterocycles. The second-order valence-electron chi connectivity index (χ2n) is 6.27. The van der Waals surface area contributed by atoms with Crippen molar-refractivity contribution in [2.45, 2.75) is 33.2 Å². The number of hydrogen-bond donors (Lipinski definition) is 2. The first-order chi connectivity index (χ1) is 13.2. The summed E-state index contributed by atoms with van der Waals surface area (Å²) < 4.78 is 25.4. The highest BCUT2D eigenvalue weighted by Crippen LogP contribution is 2.18. The van der Waals surface area contributed by atoms with E-state index in [0.717, 1.165) is 30.2 Å². The Kier molecular flexibility index (Phi) is 15.3. The Morgan fingerprint density at radius 1 is 0.852 bits per heavy atom.